The summed E-state index contributed by atoms with van der Waals surface area (Å²) in [6.07, 6.45) is 4.49. The fraction of sp³-hybridized carbons (Fsp3) is 0.450. The van der Waals surface area contributed by atoms with E-state index >= 15 is 0 Å². The SMILES string of the molecule is CCc1cccc(C)c1NC(=O)c1cc(N2CCCCC2)nc(C)n1. The van der Waals surface area contributed by atoms with Crippen molar-refractivity contribution in [1.82, 2.24) is 9.97 Å². The first kappa shape index (κ1) is 17.4. The van der Waals surface area contributed by atoms with Gasteiger partial charge in [-0.2, -0.15) is 0 Å². The number of amides is 1. The molecule has 5 heteroatoms. The van der Waals surface area contributed by atoms with Gasteiger partial charge in [0.2, 0.25) is 0 Å². The van der Waals surface area contributed by atoms with Crippen LogP contribution in [0.1, 0.15) is 53.6 Å². The normalized spacial score (nSPS) is 14.4. The molecule has 2 aromatic rings. The second-order valence-corrected chi connectivity index (χ2v) is 6.62. The van der Waals surface area contributed by atoms with Crippen LogP contribution in [0.5, 0.6) is 0 Å². The number of carbonyl (C=O) groups excluding carboxylic acids is 1. The van der Waals surface area contributed by atoms with Gasteiger partial charge in [0.1, 0.15) is 17.3 Å². The van der Waals surface area contributed by atoms with E-state index < -0.39 is 0 Å². The van der Waals surface area contributed by atoms with Gasteiger partial charge in [-0.25, -0.2) is 9.97 Å². The number of piperidine rings is 1. The van der Waals surface area contributed by atoms with Crippen LogP contribution in [0.2, 0.25) is 0 Å². The first-order chi connectivity index (χ1) is 12.1. The van der Waals surface area contributed by atoms with Crippen LogP contribution in [-0.4, -0.2) is 29.0 Å². The molecule has 0 bridgehead atoms. The van der Waals surface area contributed by atoms with Crippen LogP contribution in [0.25, 0.3) is 0 Å². The lowest BCUT2D eigenvalue weighted by atomic mass is 10.1. The molecular formula is C20H26N4O. The van der Waals surface area contributed by atoms with Crippen molar-refractivity contribution in [3.8, 4) is 0 Å². The Morgan fingerprint density at radius 3 is 2.64 bits per heavy atom. The van der Waals surface area contributed by atoms with Gasteiger partial charge in [0.15, 0.2) is 0 Å². The maximum absolute atomic E-state index is 12.8. The van der Waals surface area contributed by atoms with E-state index in [0.717, 1.165) is 42.1 Å². The summed E-state index contributed by atoms with van der Waals surface area (Å²) in [5.74, 6) is 1.32. The molecule has 2 heterocycles. The molecule has 1 aromatic heterocycles. The third-order valence-corrected chi connectivity index (χ3v) is 4.72. The van der Waals surface area contributed by atoms with E-state index in [0.29, 0.717) is 11.5 Å². The van der Waals surface area contributed by atoms with Gasteiger partial charge in [0.05, 0.1) is 0 Å². The zero-order valence-electron chi connectivity index (χ0n) is 15.3. The molecule has 0 unspecified atom stereocenters. The lowest BCUT2D eigenvalue weighted by Crippen LogP contribution is -2.31. The van der Waals surface area contributed by atoms with Crippen LogP contribution in [0, 0.1) is 13.8 Å². The summed E-state index contributed by atoms with van der Waals surface area (Å²) in [6.45, 7) is 7.94. The highest BCUT2D eigenvalue weighted by molar-refractivity contribution is 6.04. The van der Waals surface area contributed by atoms with Gasteiger partial charge in [-0.1, -0.05) is 25.1 Å². The highest BCUT2D eigenvalue weighted by atomic mass is 16.1. The van der Waals surface area contributed by atoms with Crippen molar-refractivity contribution in [2.75, 3.05) is 23.3 Å². The number of aryl methyl sites for hydroxylation is 3. The average Bonchev–Trinajstić information content (AvgIpc) is 2.63. The fourth-order valence-corrected chi connectivity index (χ4v) is 3.33. The number of carbonyl (C=O) groups is 1. The van der Waals surface area contributed by atoms with Crippen molar-refractivity contribution in [2.45, 2.75) is 46.5 Å². The molecule has 3 rings (SSSR count). The quantitative estimate of drug-likeness (QED) is 0.918. The van der Waals surface area contributed by atoms with Gasteiger partial charge < -0.3 is 10.2 Å². The number of aromatic nitrogens is 2. The fourth-order valence-electron chi connectivity index (χ4n) is 3.33. The van der Waals surface area contributed by atoms with Gasteiger partial charge in [0.25, 0.3) is 5.91 Å². The first-order valence-electron chi connectivity index (χ1n) is 9.09. The summed E-state index contributed by atoms with van der Waals surface area (Å²) in [5.41, 5.74) is 3.52. The monoisotopic (exact) mass is 338 g/mol. The number of hydrogen-bond donors (Lipinski definition) is 1. The molecule has 1 aliphatic rings. The predicted molar refractivity (Wildman–Crippen MR) is 101 cm³/mol. The summed E-state index contributed by atoms with van der Waals surface area (Å²) >= 11 is 0. The molecule has 0 spiro atoms. The van der Waals surface area contributed by atoms with Crippen molar-refractivity contribution in [1.29, 1.82) is 0 Å². The van der Waals surface area contributed by atoms with E-state index in [1.807, 2.05) is 38.1 Å². The lowest BCUT2D eigenvalue weighted by molar-refractivity contribution is 0.102. The number of nitrogens with one attached hydrogen (secondary N) is 1. The zero-order chi connectivity index (χ0) is 17.8. The van der Waals surface area contributed by atoms with Crippen molar-refractivity contribution < 1.29 is 4.79 Å². The average molecular weight is 338 g/mol. The molecule has 1 N–H and O–H groups in total. The Balaban J connectivity index is 1.86. The summed E-state index contributed by atoms with van der Waals surface area (Å²) in [5, 5.41) is 3.06. The van der Waals surface area contributed by atoms with E-state index in [1.165, 1.54) is 19.3 Å². The molecule has 132 valence electrons. The van der Waals surface area contributed by atoms with Gasteiger partial charge >= 0.3 is 0 Å². The minimum atomic E-state index is -0.173. The van der Waals surface area contributed by atoms with Crippen molar-refractivity contribution in [3.05, 3.63) is 46.9 Å². The molecule has 0 saturated carbocycles. The van der Waals surface area contributed by atoms with Gasteiger partial charge in [0, 0.05) is 24.8 Å². The van der Waals surface area contributed by atoms with Crippen LogP contribution in [0.15, 0.2) is 24.3 Å². The van der Waals surface area contributed by atoms with Gasteiger partial charge in [-0.15, -0.1) is 0 Å². The van der Waals surface area contributed by atoms with E-state index in [2.05, 4.69) is 27.1 Å². The van der Waals surface area contributed by atoms with Crippen LogP contribution >= 0.6 is 0 Å². The zero-order valence-corrected chi connectivity index (χ0v) is 15.3. The molecular weight excluding hydrogens is 312 g/mol. The Morgan fingerprint density at radius 2 is 1.92 bits per heavy atom. The number of benzene rings is 1. The number of anilines is 2. The van der Waals surface area contributed by atoms with E-state index in [9.17, 15) is 4.79 Å². The summed E-state index contributed by atoms with van der Waals surface area (Å²) in [4.78, 5) is 23.9. The highest BCUT2D eigenvalue weighted by Gasteiger charge is 2.17. The standard InChI is InChI=1S/C20H26N4O/c1-4-16-10-8-9-14(2)19(16)23-20(25)17-13-18(22-15(3)21-17)24-11-6-5-7-12-24/h8-10,13H,4-7,11-12H2,1-3H3,(H,23,25). The number of para-hydroxylation sites is 1. The molecule has 1 aliphatic heterocycles. The number of nitrogens with zero attached hydrogens (tertiary/aromatic N) is 3. The molecule has 5 nitrogen and oxygen atoms in total. The van der Waals surface area contributed by atoms with Crippen molar-refractivity contribution in [2.24, 2.45) is 0 Å². The lowest BCUT2D eigenvalue weighted by Gasteiger charge is -2.28. The molecule has 1 saturated heterocycles. The van der Waals surface area contributed by atoms with Crippen molar-refractivity contribution >= 4 is 17.4 Å². The van der Waals surface area contributed by atoms with Crippen LogP contribution in [0.4, 0.5) is 11.5 Å². The maximum atomic E-state index is 12.8. The minimum Gasteiger partial charge on any atom is -0.356 e. The molecule has 1 aromatic carbocycles. The Hall–Kier alpha value is -2.43. The molecule has 0 atom stereocenters. The van der Waals surface area contributed by atoms with Crippen LogP contribution in [0.3, 0.4) is 0 Å². The Labute approximate surface area is 149 Å². The molecule has 0 radical (unpaired) electrons. The van der Waals surface area contributed by atoms with Crippen LogP contribution < -0.4 is 10.2 Å². The Morgan fingerprint density at radius 1 is 1.16 bits per heavy atom. The van der Waals surface area contributed by atoms with Gasteiger partial charge in [-0.05, 0) is 50.7 Å². The van der Waals surface area contributed by atoms with Crippen molar-refractivity contribution in [3.63, 3.8) is 0 Å². The highest BCUT2D eigenvalue weighted by Crippen LogP contribution is 2.23. The third-order valence-electron chi connectivity index (χ3n) is 4.72. The second-order valence-electron chi connectivity index (χ2n) is 6.62. The van der Waals surface area contributed by atoms with Gasteiger partial charge in [-0.3, -0.25) is 4.79 Å². The predicted octanol–water partition coefficient (Wildman–Crippen LogP) is 3.90. The number of hydrogen-bond acceptors (Lipinski definition) is 4. The molecule has 25 heavy (non-hydrogen) atoms. The largest absolute Gasteiger partial charge is 0.356 e. The topological polar surface area (TPSA) is 58.1 Å². The van der Waals surface area contributed by atoms with E-state index in [1.54, 1.807) is 0 Å². The first-order valence-corrected chi connectivity index (χ1v) is 9.09. The third kappa shape index (κ3) is 3.98. The molecule has 1 amide bonds. The summed E-state index contributed by atoms with van der Waals surface area (Å²) in [6, 6.07) is 7.90. The van der Waals surface area contributed by atoms with E-state index in [4.69, 9.17) is 0 Å². The van der Waals surface area contributed by atoms with Crippen LogP contribution in [-0.2, 0) is 6.42 Å². The molecule has 0 aliphatic carbocycles. The maximum Gasteiger partial charge on any atom is 0.274 e. The molecule has 1 fully saturated rings. The summed E-state index contributed by atoms with van der Waals surface area (Å²) in [7, 11) is 0. The van der Waals surface area contributed by atoms with E-state index in [-0.39, 0.29) is 5.91 Å². The number of rotatable bonds is 4. The summed E-state index contributed by atoms with van der Waals surface area (Å²) < 4.78 is 0. The minimum absolute atomic E-state index is 0.173. The Bertz CT molecular complexity index is 766. The Kier molecular flexibility index (Phi) is 5.31. The second kappa shape index (κ2) is 7.64. The smallest absolute Gasteiger partial charge is 0.274 e.